The predicted molar refractivity (Wildman–Crippen MR) is 156 cm³/mol. The maximum Gasteiger partial charge on any atom is 0.407 e. The largest absolute Gasteiger partial charge is 0.444 e. The van der Waals surface area contributed by atoms with Crippen LogP contribution in [0.4, 0.5) is 10.5 Å². The molecule has 0 saturated heterocycles. The van der Waals surface area contributed by atoms with Crippen molar-refractivity contribution in [1.82, 2.24) is 20.6 Å². The van der Waals surface area contributed by atoms with Crippen molar-refractivity contribution in [3.8, 4) is 0 Å². The van der Waals surface area contributed by atoms with Crippen molar-refractivity contribution in [1.29, 1.82) is 0 Å². The summed E-state index contributed by atoms with van der Waals surface area (Å²) in [5, 5.41) is 8.87. The van der Waals surface area contributed by atoms with Crippen molar-refractivity contribution in [2.45, 2.75) is 77.9 Å². The number of fused-ring (bicyclic) bond motifs is 1. The number of carbonyl (C=O) groups is 3. The number of benzene rings is 2. The first-order chi connectivity index (χ1) is 19.1. The van der Waals surface area contributed by atoms with Crippen LogP contribution in [0, 0.1) is 11.8 Å². The number of amides is 3. The highest BCUT2D eigenvalue weighted by Gasteiger charge is 2.30. The number of aromatic amines is 1. The molecule has 0 bridgehead atoms. The van der Waals surface area contributed by atoms with E-state index in [2.05, 4.69) is 25.9 Å². The molecule has 4 rings (SSSR count). The molecule has 1 aromatic heterocycles. The van der Waals surface area contributed by atoms with Crippen LogP contribution in [0.3, 0.4) is 0 Å². The Bertz CT molecular complexity index is 1310. The number of imidazole rings is 1. The highest BCUT2D eigenvalue weighted by Crippen LogP contribution is 2.29. The Morgan fingerprint density at radius 3 is 2.45 bits per heavy atom. The number of anilines is 1. The molecule has 0 radical (unpaired) electrons. The van der Waals surface area contributed by atoms with Gasteiger partial charge < -0.3 is 25.7 Å². The molecule has 9 nitrogen and oxygen atoms in total. The number of nitrogens with zero attached hydrogens (tertiary/aromatic N) is 1. The number of hydrogen-bond acceptors (Lipinski definition) is 5. The normalized spacial score (nSPS) is 18.1. The molecular formula is C31H41N5O4. The smallest absolute Gasteiger partial charge is 0.407 e. The molecule has 0 aliphatic heterocycles. The Kier molecular flexibility index (Phi) is 9.45. The Balaban J connectivity index is 1.35. The van der Waals surface area contributed by atoms with Crippen LogP contribution in [0.5, 0.6) is 0 Å². The molecule has 214 valence electrons. The van der Waals surface area contributed by atoms with Crippen molar-refractivity contribution < 1.29 is 19.1 Å². The van der Waals surface area contributed by atoms with Gasteiger partial charge in [-0.3, -0.25) is 9.59 Å². The third-order valence-corrected chi connectivity index (χ3v) is 7.20. The van der Waals surface area contributed by atoms with Gasteiger partial charge in [-0.2, -0.15) is 0 Å². The lowest BCUT2D eigenvalue weighted by Crippen LogP contribution is -2.48. The minimum Gasteiger partial charge on any atom is -0.444 e. The summed E-state index contributed by atoms with van der Waals surface area (Å²) in [6.45, 7) is 8.07. The lowest BCUT2D eigenvalue weighted by molar-refractivity contribution is -0.130. The summed E-state index contributed by atoms with van der Waals surface area (Å²) in [6.07, 6.45) is 3.84. The monoisotopic (exact) mass is 547 g/mol. The second-order valence-corrected chi connectivity index (χ2v) is 11.6. The SMILES string of the molecule is CCc1nc2ccc(NC(=O)[C@H](Cc3ccccc3)NC(=O)C3CCC(CNC(=O)OC(C)(C)C)CC3)cc2[nH]1. The van der Waals surface area contributed by atoms with Crippen molar-refractivity contribution in [3.63, 3.8) is 0 Å². The van der Waals surface area contributed by atoms with E-state index < -0.39 is 17.7 Å². The minimum absolute atomic E-state index is 0.105. The van der Waals surface area contributed by atoms with E-state index in [1.807, 2.05) is 76.2 Å². The maximum absolute atomic E-state index is 13.4. The van der Waals surface area contributed by atoms with Crippen LogP contribution in [-0.4, -0.2) is 46.1 Å². The lowest BCUT2D eigenvalue weighted by Gasteiger charge is -2.29. The maximum atomic E-state index is 13.4. The standard InChI is InChI=1S/C31H41N5O4/c1-5-27-34-24-16-15-23(18-25(24)35-27)33-29(38)26(17-20-9-7-6-8-10-20)36-28(37)22-13-11-21(12-14-22)19-32-30(39)40-31(2,3)4/h6-10,15-16,18,21-22,26H,5,11-14,17,19H2,1-4H3,(H,32,39)(H,33,38)(H,34,35)(H,36,37)/t21?,22?,26-/m0/s1. The van der Waals surface area contributed by atoms with Crippen LogP contribution >= 0.6 is 0 Å². The van der Waals surface area contributed by atoms with Gasteiger partial charge in [0, 0.05) is 31.0 Å². The van der Waals surface area contributed by atoms with Gasteiger partial charge in [0.15, 0.2) is 0 Å². The molecule has 40 heavy (non-hydrogen) atoms. The summed E-state index contributed by atoms with van der Waals surface area (Å²) in [4.78, 5) is 46.5. The van der Waals surface area contributed by atoms with Gasteiger partial charge in [-0.05, 0) is 76.1 Å². The molecule has 1 saturated carbocycles. The van der Waals surface area contributed by atoms with Crippen molar-refractivity contribution in [2.75, 3.05) is 11.9 Å². The lowest BCUT2D eigenvalue weighted by atomic mass is 9.81. The second-order valence-electron chi connectivity index (χ2n) is 11.6. The van der Waals surface area contributed by atoms with Gasteiger partial charge >= 0.3 is 6.09 Å². The fourth-order valence-corrected chi connectivity index (χ4v) is 5.06. The van der Waals surface area contributed by atoms with Gasteiger partial charge in [0.25, 0.3) is 0 Å². The third kappa shape index (κ3) is 8.31. The average molecular weight is 548 g/mol. The molecular weight excluding hydrogens is 506 g/mol. The zero-order valence-corrected chi connectivity index (χ0v) is 23.9. The van der Waals surface area contributed by atoms with Crippen LogP contribution in [0.2, 0.25) is 0 Å². The van der Waals surface area contributed by atoms with Crippen LogP contribution in [-0.2, 0) is 27.2 Å². The molecule has 0 spiro atoms. The van der Waals surface area contributed by atoms with Crippen molar-refractivity contribution in [2.24, 2.45) is 11.8 Å². The van der Waals surface area contributed by atoms with Crippen molar-refractivity contribution in [3.05, 3.63) is 59.9 Å². The summed E-state index contributed by atoms with van der Waals surface area (Å²) < 4.78 is 5.32. The van der Waals surface area contributed by atoms with E-state index in [9.17, 15) is 14.4 Å². The number of aryl methyl sites for hydroxylation is 1. The molecule has 0 unspecified atom stereocenters. The highest BCUT2D eigenvalue weighted by atomic mass is 16.6. The third-order valence-electron chi connectivity index (χ3n) is 7.20. The van der Waals surface area contributed by atoms with Crippen LogP contribution in [0.15, 0.2) is 48.5 Å². The number of aromatic nitrogens is 2. The number of carbonyl (C=O) groups excluding carboxylic acids is 3. The Morgan fingerprint density at radius 1 is 1.05 bits per heavy atom. The van der Waals surface area contributed by atoms with E-state index in [0.717, 1.165) is 41.7 Å². The van der Waals surface area contributed by atoms with Gasteiger partial charge in [-0.25, -0.2) is 9.78 Å². The van der Waals surface area contributed by atoms with Gasteiger partial charge in [0.2, 0.25) is 11.8 Å². The van der Waals surface area contributed by atoms with Gasteiger partial charge in [-0.15, -0.1) is 0 Å². The summed E-state index contributed by atoms with van der Waals surface area (Å²) in [5.41, 5.74) is 2.79. The first kappa shape index (κ1) is 29.1. The molecule has 1 fully saturated rings. The molecule has 1 aliphatic carbocycles. The molecule has 2 aromatic carbocycles. The number of alkyl carbamates (subject to hydrolysis) is 1. The van der Waals surface area contributed by atoms with Crippen LogP contribution in [0.25, 0.3) is 11.0 Å². The molecule has 3 amide bonds. The van der Waals surface area contributed by atoms with E-state index >= 15 is 0 Å². The van der Waals surface area contributed by atoms with Gasteiger partial charge in [0.1, 0.15) is 17.5 Å². The van der Waals surface area contributed by atoms with Crippen LogP contribution in [0.1, 0.15) is 64.8 Å². The minimum atomic E-state index is -0.717. The summed E-state index contributed by atoms with van der Waals surface area (Å²) in [7, 11) is 0. The summed E-state index contributed by atoms with van der Waals surface area (Å²) in [6, 6.07) is 14.6. The van der Waals surface area contributed by atoms with Crippen LogP contribution < -0.4 is 16.0 Å². The number of rotatable bonds is 9. The second kappa shape index (κ2) is 13.0. The zero-order chi connectivity index (χ0) is 28.7. The fraction of sp³-hybridized carbons (Fsp3) is 0.484. The first-order valence-electron chi connectivity index (χ1n) is 14.2. The van der Waals surface area contributed by atoms with E-state index in [1.54, 1.807) is 0 Å². The predicted octanol–water partition coefficient (Wildman–Crippen LogP) is 5.12. The van der Waals surface area contributed by atoms with Crippen molar-refractivity contribution >= 4 is 34.6 Å². The summed E-state index contributed by atoms with van der Waals surface area (Å²) >= 11 is 0. The first-order valence-corrected chi connectivity index (χ1v) is 14.2. The Labute approximate surface area is 235 Å². The van der Waals surface area contributed by atoms with Gasteiger partial charge in [0.05, 0.1) is 11.0 Å². The Hall–Kier alpha value is -3.88. The number of nitrogens with one attached hydrogen (secondary N) is 4. The molecule has 9 heteroatoms. The topological polar surface area (TPSA) is 125 Å². The molecule has 1 atom stereocenters. The molecule has 1 heterocycles. The Morgan fingerprint density at radius 2 is 1.77 bits per heavy atom. The zero-order valence-electron chi connectivity index (χ0n) is 23.9. The number of ether oxygens (including phenoxy) is 1. The molecule has 4 N–H and O–H groups in total. The quantitative estimate of drug-likeness (QED) is 0.296. The van der Waals surface area contributed by atoms with E-state index in [4.69, 9.17) is 4.74 Å². The molecule has 3 aromatic rings. The average Bonchev–Trinajstić information content (AvgIpc) is 3.34. The number of H-pyrrole nitrogens is 1. The summed E-state index contributed by atoms with van der Waals surface area (Å²) in [5.74, 6) is 0.652. The number of hydrogen-bond donors (Lipinski definition) is 4. The molecule has 1 aliphatic rings. The fourth-order valence-electron chi connectivity index (χ4n) is 5.06. The van der Waals surface area contributed by atoms with E-state index in [0.29, 0.717) is 37.4 Å². The van der Waals surface area contributed by atoms with E-state index in [1.165, 1.54) is 0 Å². The highest BCUT2D eigenvalue weighted by molar-refractivity contribution is 5.98. The van der Waals surface area contributed by atoms with E-state index in [-0.39, 0.29) is 17.7 Å². The van der Waals surface area contributed by atoms with Gasteiger partial charge in [-0.1, -0.05) is 37.3 Å².